The van der Waals surface area contributed by atoms with Crippen LogP contribution in [0.3, 0.4) is 0 Å². The van der Waals surface area contributed by atoms with Crippen LogP contribution in [0.5, 0.6) is 0 Å². The fourth-order valence-electron chi connectivity index (χ4n) is 3.08. The normalized spacial score (nSPS) is 20.1. The van der Waals surface area contributed by atoms with E-state index in [1.165, 1.54) is 11.1 Å². The number of ether oxygens (including phenoxy) is 2. The van der Waals surface area contributed by atoms with Crippen molar-refractivity contribution in [3.8, 4) is 0 Å². The number of carbonyl (C=O) groups is 2. The first-order valence-electron chi connectivity index (χ1n) is 9.65. The topological polar surface area (TPSA) is 79.7 Å². The van der Waals surface area contributed by atoms with Gasteiger partial charge in [-0.2, -0.15) is 11.8 Å². The maximum atomic E-state index is 12.9. The number of allylic oxidation sites excluding steroid dienone is 1. The van der Waals surface area contributed by atoms with Gasteiger partial charge in [0.2, 0.25) is 11.8 Å². The molecule has 0 saturated carbocycles. The Morgan fingerprint density at radius 2 is 2.11 bits per heavy atom. The summed E-state index contributed by atoms with van der Waals surface area (Å²) in [4.78, 5) is 26.7. The third-order valence-corrected chi connectivity index (χ3v) is 6.73. The average Bonchev–Trinajstić information content (AvgIpc) is 2.94. The summed E-state index contributed by atoms with van der Waals surface area (Å²) < 4.78 is 10.2. The van der Waals surface area contributed by atoms with Gasteiger partial charge in [-0.05, 0) is 57.6 Å². The van der Waals surface area contributed by atoms with E-state index in [4.69, 9.17) is 14.9 Å². The van der Waals surface area contributed by atoms with Crippen LogP contribution in [0.25, 0.3) is 0 Å². The zero-order chi connectivity index (χ0) is 20.3. The number of imide groups is 1. The molecule has 154 valence electrons. The van der Waals surface area contributed by atoms with Gasteiger partial charge < -0.3 is 14.9 Å². The second-order valence-corrected chi connectivity index (χ2v) is 8.58. The molecule has 1 aliphatic heterocycles. The molecule has 6 nitrogen and oxygen atoms in total. The van der Waals surface area contributed by atoms with Crippen molar-refractivity contribution in [1.82, 2.24) is 4.90 Å². The Morgan fingerprint density at radius 1 is 1.37 bits per heavy atom. The molecule has 2 unspecified atom stereocenters. The molecule has 1 fully saturated rings. The third-order valence-electron chi connectivity index (χ3n) is 5.01. The Balaban J connectivity index is 2.60. The first-order chi connectivity index (χ1) is 12.9. The Hall–Kier alpha value is -1.34. The third kappa shape index (κ3) is 7.30. The van der Waals surface area contributed by atoms with Gasteiger partial charge in [-0.25, -0.2) is 0 Å². The standard InChI is InChI=1S/C20H34N2O4S/c1-5-20(3,27-14-7-6-10-21)17-15-18(23)22(19(17)24)11-8-9-16(2)26-13-12-25-4/h9-10,17,21H,5-8,11-15H2,1-4H3/b16-9+,21-10?. The highest BCUT2D eigenvalue weighted by Gasteiger charge is 2.47. The van der Waals surface area contributed by atoms with Crippen LogP contribution < -0.4 is 0 Å². The average molecular weight is 399 g/mol. The zero-order valence-electron chi connectivity index (χ0n) is 17.1. The van der Waals surface area contributed by atoms with Crippen LogP contribution >= 0.6 is 11.8 Å². The van der Waals surface area contributed by atoms with Gasteiger partial charge in [0.05, 0.1) is 18.3 Å². The molecular formula is C20H34N2O4S. The van der Waals surface area contributed by atoms with Gasteiger partial charge in [-0.1, -0.05) is 6.92 Å². The lowest BCUT2D eigenvalue weighted by atomic mass is 9.89. The highest BCUT2D eigenvalue weighted by molar-refractivity contribution is 8.00. The largest absolute Gasteiger partial charge is 0.496 e. The van der Waals surface area contributed by atoms with Crippen molar-refractivity contribution in [2.75, 3.05) is 32.6 Å². The van der Waals surface area contributed by atoms with E-state index in [9.17, 15) is 9.59 Å². The highest BCUT2D eigenvalue weighted by Crippen LogP contribution is 2.42. The second-order valence-electron chi connectivity index (χ2n) is 6.95. The lowest BCUT2D eigenvalue weighted by Crippen LogP contribution is -2.38. The van der Waals surface area contributed by atoms with Crippen molar-refractivity contribution in [2.45, 2.75) is 57.6 Å². The molecule has 0 aromatic carbocycles. The van der Waals surface area contributed by atoms with Crippen molar-refractivity contribution in [3.05, 3.63) is 11.8 Å². The highest BCUT2D eigenvalue weighted by atomic mass is 32.2. The monoisotopic (exact) mass is 398 g/mol. The summed E-state index contributed by atoms with van der Waals surface area (Å²) in [5.41, 5.74) is 0. The predicted molar refractivity (Wildman–Crippen MR) is 110 cm³/mol. The number of hydrogen-bond donors (Lipinski definition) is 1. The number of likely N-dealkylation sites (tertiary alicyclic amines) is 1. The maximum Gasteiger partial charge on any atom is 0.234 e. The molecule has 0 aromatic rings. The fraction of sp³-hybridized carbons (Fsp3) is 0.750. The van der Waals surface area contributed by atoms with Gasteiger partial charge in [-0.3, -0.25) is 14.5 Å². The van der Waals surface area contributed by atoms with E-state index in [0.29, 0.717) is 32.6 Å². The lowest BCUT2D eigenvalue weighted by molar-refractivity contribution is -0.139. The van der Waals surface area contributed by atoms with Gasteiger partial charge in [-0.15, -0.1) is 0 Å². The van der Waals surface area contributed by atoms with Crippen LogP contribution in [-0.4, -0.2) is 60.3 Å². The number of carbonyl (C=O) groups excluding carboxylic acids is 2. The first kappa shape index (κ1) is 23.7. The van der Waals surface area contributed by atoms with Crippen molar-refractivity contribution >= 4 is 29.8 Å². The zero-order valence-corrected chi connectivity index (χ0v) is 17.9. The summed E-state index contributed by atoms with van der Waals surface area (Å²) in [5.74, 6) is 1.30. The molecule has 2 atom stereocenters. The minimum atomic E-state index is -0.261. The molecular weight excluding hydrogens is 364 g/mol. The lowest BCUT2D eigenvalue weighted by Gasteiger charge is -2.32. The Labute approximate surface area is 167 Å². The molecule has 27 heavy (non-hydrogen) atoms. The summed E-state index contributed by atoms with van der Waals surface area (Å²) >= 11 is 1.76. The molecule has 1 heterocycles. The van der Waals surface area contributed by atoms with Crippen molar-refractivity contribution < 1.29 is 19.1 Å². The van der Waals surface area contributed by atoms with Crippen LogP contribution in [0, 0.1) is 11.3 Å². The minimum Gasteiger partial charge on any atom is -0.496 e. The Bertz CT molecular complexity index is 538. The van der Waals surface area contributed by atoms with Crippen LogP contribution in [0.4, 0.5) is 0 Å². The number of nitrogens with one attached hydrogen (secondary N) is 1. The number of amides is 2. The summed E-state index contributed by atoms with van der Waals surface area (Å²) in [6.45, 7) is 7.46. The van der Waals surface area contributed by atoms with E-state index >= 15 is 0 Å². The van der Waals surface area contributed by atoms with Gasteiger partial charge in [0.15, 0.2) is 0 Å². The Kier molecular flexibility index (Phi) is 10.7. The van der Waals surface area contributed by atoms with E-state index < -0.39 is 0 Å². The van der Waals surface area contributed by atoms with E-state index in [0.717, 1.165) is 30.8 Å². The molecule has 2 amide bonds. The summed E-state index contributed by atoms with van der Waals surface area (Å²) in [7, 11) is 1.62. The molecule has 0 spiro atoms. The molecule has 1 rings (SSSR count). The molecule has 1 saturated heterocycles. The number of unbranched alkanes of at least 4 members (excludes halogenated alkanes) is 1. The molecule has 7 heteroatoms. The van der Waals surface area contributed by atoms with Crippen LogP contribution in [-0.2, 0) is 19.1 Å². The maximum absolute atomic E-state index is 12.9. The molecule has 0 radical (unpaired) electrons. The van der Waals surface area contributed by atoms with Gasteiger partial charge in [0, 0.05) is 24.8 Å². The summed E-state index contributed by atoms with van der Waals surface area (Å²) in [5, 5.41) is 7.12. The molecule has 1 aliphatic rings. The van der Waals surface area contributed by atoms with E-state index in [1.54, 1.807) is 18.9 Å². The van der Waals surface area contributed by atoms with E-state index in [1.807, 2.05) is 13.0 Å². The fourth-order valence-corrected chi connectivity index (χ4v) is 4.44. The van der Waals surface area contributed by atoms with Crippen molar-refractivity contribution in [2.24, 2.45) is 5.92 Å². The molecule has 1 N–H and O–H groups in total. The van der Waals surface area contributed by atoms with Crippen LogP contribution in [0.15, 0.2) is 11.8 Å². The molecule has 0 bridgehead atoms. The smallest absolute Gasteiger partial charge is 0.234 e. The summed E-state index contributed by atoms with van der Waals surface area (Å²) in [6, 6.07) is 0. The SMILES string of the molecule is CCC(C)(SCCCC=N)C1CC(=O)N(CC/C=C(\C)OCCOC)C1=O. The van der Waals surface area contributed by atoms with Gasteiger partial charge in [0.1, 0.15) is 6.61 Å². The molecule has 0 aromatic heterocycles. The minimum absolute atomic E-state index is 0.0461. The Morgan fingerprint density at radius 3 is 2.74 bits per heavy atom. The van der Waals surface area contributed by atoms with E-state index in [2.05, 4.69) is 13.8 Å². The molecule has 0 aliphatic carbocycles. The van der Waals surface area contributed by atoms with Gasteiger partial charge in [0.25, 0.3) is 0 Å². The van der Waals surface area contributed by atoms with E-state index in [-0.39, 0.29) is 22.5 Å². The number of nitrogens with zero attached hydrogens (tertiary/aromatic N) is 1. The number of methoxy groups -OCH3 is 1. The number of thioether (sulfide) groups is 1. The second kappa shape index (κ2) is 12.2. The quantitative estimate of drug-likeness (QED) is 0.209. The van der Waals surface area contributed by atoms with Crippen molar-refractivity contribution in [1.29, 1.82) is 5.41 Å². The number of rotatable bonds is 14. The van der Waals surface area contributed by atoms with Crippen LogP contribution in [0.2, 0.25) is 0 Å². The summed E-state index contributed by atoms with van der Waals surface area (Å²) in [6.07, 6.45) is 6.75. The first-order valence-corrected chi connectivity index (χ1v) is 10.6. The van der Waals surface area contributed by atoms with Gasteiger partial charge >= 0.3 is 0 Å². The number of hydrogen-bond acceptors (Lipinski definition) is 6. The predicted octanol–water partition coefficient (Wildman–Crippen LogP) is 3.65. The van der Waals surface area contributed by atoms with Crippen LogP contribution in [0.1, 0.15) is 52.9 Å². The van der Waals surface area contributed by atoms with Crippen molar-refractivity contribution in [3.63, 3.8) is 0 Å².